The van der Waals surface area contributed by atoms with Crippen molar-refractivity contribution in [1.82, 2.24) is 5.32 Å². The molecule has 2 aromatic rings. The number of nitrogens with one attached hydrogen (secondary N) is 1. The SMILES string of the molecule is O=C(O)CCC(Cc1ccccc1)NCc1cc(Cl)cs1. The number of benzene rings is 1. The molecule has 1 unspecified atom stereocenters. The Hall–Kier alpha value is -1.36. The quantitative estimate of drug-likeness (QED) is 0.773. The van der Waals surface area contributed by atoms with Gasteiger partial charge in [-0.05, 0) is 24.5 Å². The number of hydrogen-bond donors (Lipinski definition) is 2. The number of rotatable bonds is 8. The molecule has 0 saturated carbocycles. The zero-order valence-corrected chi connectivity index (χ0v) is 13.2. The molecule has 0 aliphatic heterocycles. The fourth-order valence-corrected chi connectivity index (χ4v) is 3.19. The average molecular weight is 324 g/mol. The summed E-state index contributed by atoms with van der Waals surface area (Å²) in [5.41, 5.74) is 1.21. The molecule has 5 heteroatoms. The highest BCUT2D eigenvalue weighted by molar-refractivity contribution is 7.10. The Labute approximate surface area is 133 Å². The maximum Gasteiger partial charge on any atom is 0.303 e. The second-order valence-corrected chi connectivity index (χ2v) is 6.36. The first-order valence-electron chi connectivity index (χ1n) is 6.85. The molecule has 21 heavy (non-hydrogen) atoms. The van der Waals surface area contributed by atoms with Gasteiger partial charge in [-0.3, -0.25) is 4.79 Å². The topological polar surface area (TPSA) is 49.3 Å². The number of halogens is 1. The van der Waals surface area contributed by atoms with Gasteiger partial charge in [-0.2, -0.15) is 0 Å². The van der Waals surface area contributed by atoms with E-state index in [-0.39, 0.29) is 12.5 Å². The zero-order valence-electron chi connectivity index (χ0n) is 11.6. The lowest BCUT2D eigenvalue weighted by Gasteiger charge is -2.17. The van der Waals surface area contributed by atoms with E-state index in [1.165, 1.54) is 5.56 Å². The number of carboxylic acids is 1. The van der Waals surface area contributed by atoms with Crippen molar-refractivity contribution < 1.29 is 9.90 Å². The molecular formula is C16H18ClNO2S. The van der Waals surface area contributed by atoms with Gasteiger partial charge in [0.15, 0.2) is 0 Å². The van der Waals surface area contributed by atoms with E-state index in [1.807, 2.05) is 29.6 Å². The first-order chi connectivity index (χ1) is 10.1. The molecule has 0 aliphatic rings. The van der Waals surface area contributed by atoms with Crippen LogP contribution in [0.1, 0.15) is 23.3 Å². The van der Waals surface area contributed by atoms with Crippen LogP contribution in [0.3, 0.4) is 0 Å². The monoisotopic (exact) mass is 323 g/mol. The number of carboxylic acid groups (broad SMARTS) is 1. The summed E-state index contributed by atoms with van der Waals surface area (Å²) in [6, 6.07) is 12.2. The number of thiophene rings is 1. The average Bonchev–Trinajstić information content (AvgIpc) is 2.88. The Morgan fingerprint density at radius 2 is 2.10 bits per heavy atom. The zero-order chi connectivity index (χ0) is 15.1. The predicted octanol–water partition coefficient (Wildman–Crippen LogP) is 3.97. The highest BCUT2D eigenvalue weighted by Gasteiger charge is 2.12. The fourth-order valence-electron chi connectivity index (χ4n) is 2.16. The number of aliphatic carboxylic acids is 1. The second kappa shape index (κ2) is 8.17. The molecule has 2 rings (SSSR count). The minimum absolute atomic E-state index is 0.143. The third-order valence-electron chi connectivity index (χ3n) is 3.22. The van der Waals surface area contributed by atoms with E-state index in [0.717, 1.165) is 16.3 Å². The summed E-state index contributed by atoms with van der Waals surface area (Å²) in [6.45, 7) is 0.717. The molecule has 1 aromatic carbocycles. The molecule has 3 nitrogen and oxygen atoms in total. The molecule has 0 aliphatic carbocycles. The molecular weight excluding hydrogens is 306 g/mol. The van der Waals surface area contributed by atoms with Crippen molar-refractivity contribution in [3.8, 4) is 0 Å². The standard InChI is InChI=1S/C16H18ClNO2S/c17-13-9-15(21-11-13)10-18-14(6-7-16(19)20)8-12-4-2-1-3-5-12/h1-5,9,11,14,18H,6-8,10H2,(H,19,20). The fraction of sp³-hybridized carbons (Fsp3) is 0.312. The van der Waals surface area contributed by atoms with Gasteiger partial charge in [0.25, 0.3) is 0 Å². The van der Waals surface area contributed by atoms with Crippen LogP contribution in [0.5, 0.6) is 0 Å². The molecule has 112 valence electrons. The van der Waals surface area contributed by atoms with E-state index in [1.54, 1.807) is 11.3 Å². The molecule has 0 radical (unpaired) electrons. The first-order valence-corrected chi connectivity index (χ1v) is 8.11. The maximum absolute atomic E-state index is 10.8. The summed E-state index contributed by atoms with van der Waals surface area (Å²) in [5, 5.41) is 15.0. The van der Waals surface area contributed by atoms with Crippen LogP contribution in [-0.4, -0.2) is 17.1 Å². The van der Waals surface area contributed by atoms with Crippen molar-refractivity contribution in [2.45, 2.75) is 31.8 Å². The molecule has 0 bridgehead atoms. The van der Waals surface area contributed by atoms with Crippen molar-refractivity contribution in [2.24, 2.45) is 0 Å². The first kappa shape index (κ1) is 16.0. The lowest BCUT2D eigenvalue weighted by Crippen LogP contribution is -2.31. The molecule has 0 amide bonds. The molecule has 0 fully saturated rings. The van der Waals surface area contributed by atoms with Crippen molar-refractivity contribution in [3.63, 3.8) is 0 Å². The van der Waals surface area contributed by atoms with Gasteiger partial charge in [0.1, 0.15) is 0 Å². The van der Waals surface area contributed by atoms with E-state index in [2.05, 4.69) is 17.4 Å². The summed E-state index contributed by atoms with van der Waals surface area (Å²) in [5.74, 6) is -0.756. The van der Waals surface area contributed by atoms with Gasteiger partial charge in [0, 0.05) is 29.3 Å². The summed E-state index contributed by atoms with van der Waals surface area (Å²) >= 11 is 7.52. The number of carbonyl (C=O) groups is 1. The minimum atomic E-state index is -0.756. The third-order valence-corrected chi connectivity index (χ3v) is 4.50. The summed E-state index contributed by atoms with van der Waals surface area (Å²) < 4.78 is 0. The highest BCUT2D eigenvalue weighted by atomic mass is 35.5. The molecule has 2 N–H and O–H groups in total. The van der Waals surface area contributed by atoms with Crippen LogP contribution in [0.25, 0.3) is 0 Å². The van der Waals surface area contributed by atoms with Crippen LogP contribution in [0.4, 0.5) is 0 Å². The summed E-state index contributed by atoms with van der Waals surface area (Å²) in [4.78, 5) is 12.0. The number of hydrogen-bond acceptors (Lipinski definition) is 3. The Balaban J connectivity index is 1.92. The Morgan fingerprint density at radius 1 is 1.33 bits per heavy atom. The van der Waals surface area contributed by atoms with Gasteiger partial charge in [0.2, 0.25) is 0 Å². The van der Waals surface area contributed by atoms with Crippen molar-refractivity contribution in [1.29, 1.82) is 0 Å². The normalized spacial score (nSPS) is 12.2. The van der Waals surface area contributed by atoms with Crippen molar-refractivity contribution in [3.05, 3.63) is 57.2 Å². The summed E-state index contributed by atoms with van der Waals surface area (Å²) in [7, 11) is 0. The van der Waals surface area contributed by atoms with E-state index < -0.39 is 5.97 Å². The van der Waals surface area contributed by atoms with Gasteiger partial charge >= 0.3 is 5.97 Å². The van der Waals surface area contributed by atoms with Gasteiger partial charge in [-0.15, -0.1) is 11.3 Å². The molecule has 1 aromatic heterocycles. The van der Waals surface area contributed by atoms with E-state index in [0.29, 0.717) is 13.0 Å². The molecule has 0 spiro atoms. The van der Waals surface area contributed by atoms with Crippen LogP contribution < -0.4 is 5.32 Å². The molecule has 0 saturated heterocycles. The molecule has 1 heterocycles. The van der Waals surface area contributed by atoms with Crippen LogP contribution in [0.15, 0.2) is 41.8 Å². The lowest BCUT2D eigenvalue weighted by atomic mass is 10.0. The van der Waals surface area contributed by atoms with Crippen LogP contribution >= 0.6 is 22.9 Å². The molecule has 1 atom stereocenters. The van der Waals surface area contributed by atoms with Gasteiger partial charge in [-0.25, -0.2) is 0 Å². The van der Waals surface area contributed by atoms with Crippen molar-refractivity contribution in [2.75, 3.05) is 0 Å². The Bertz CT molecular complexity index is 571. The van der Waals surface area contributed by atoms with Crippen molar-refractivity contribution >= 4 is 28.9 Å². The Kier molecular flexibility index (Phi) is 6.23. The van der Waals surface area contributed by atoms with Crippen LogP contribution in [0, 0.1) is 0 Å². The van der Waals surface area contributed by atoms with Gasteiger partial charge in [0.05, 0.1) is 5.02 Å². The maximum atomic E-state index is 10.8. The van der Waals surface area contributed by atoms with E-state index in [9.17, 15) is 4.79 Å². The van der Waals surface area contributed by atoms with E-state index in [4.69, 9.17) is 16.7 Å². The smallest absolute Gasteiger partial charge is 0.303 e. The van der Waals surface area contributed by atoms with Crippen LogP contribution in [0.2, 0.25) is 5.02 Å². The van der Waals surface area contributed by atoms with Crippen LogP contribution in [-0.2, 0) is 17.8 Å². The Morgan fingerprint density at radius 3 is 2.71 bits per heavy atom. The van der Waals surface area contributed by atoms with Gasteiger partial charge < -0.3 is 10.4 Å². The largest absolute Gasteiger partial charge is 0.481 e. The second-order valence-electron chi connectivity index (χ2n) is 4.93. The van der Waals surface area contributed by atoms with Gasteiger partial charge in [-0.1, -0.05) is 41.9 Å². The lowest BCUT2D eigenvalue weighted by molar-refractivity contribution is -0.137. The summed E-state index contributed by atoms with van der Waals surface area (Å²) in [6.07, 6.45) is 1.62. The van der Waals surface area contributed by atoms with E-state index >= 15 is 0 Å². The highest BCUT2D eigenvalue weighted by Crippen LogP contribution is 2.19. The third kappa shape index (κ3) is 5.87. The minimum Gasteiger partial charge on any atom is -0.481 e. The predicted molar refractivity (Wildman–Crippen MR) is 87.0 cm³/mol.